The van der Waals surface area contributed by atoms with E-state index in [1.165, 1.54) is 16.4 Å². The molecule has 0 fully saturated rings. The third kappa shape index (κ3) is 4.55. The van der Waals surface area contributed by atoms with Crippen molar-refractivity contribution in [1.29, 1.82) is 0 Å². The molecule has 0 radical (unpaired) electrons. The number of sulfonamides is 1. The lowest BCUT2D eigenvalue weighted by Gasteiger charge is -2.23. The van der Waals surface area contributed by atoms with Crippen molar-refractivity contribution in [2.45, 2.75) is 51.3 Å². The van der Waals surface area contributed by atoms with E-state index in [2.05, 4.69) is 0 Å². The zero-order chi connectivity index (χ0) is 16.8. The first-order valence-corrected chi connectivity index (χ1v) is 9.12. The van der Waals surface area contributed by atoms with Crippen molar-refractivity contribution < 1.29 is 18.3 Å². The quantitative estimate of drug-likeness (QED) is 0.755. The van der Waals surface area contributed by atoms with Crippen molar-refractivity contribution in [2.24, 2.45) is 0 Å². The summed E-state index contributed by atoms with van der Waals surface area (Å²) in [6.45, 7) is 6.66. The van der Waals surface area contributed by atoms with E-state index in [9.17, 15) is 13.2 Å². The van der Waals surface area contributed by atoms with Crippen LogP contribution in [0.2, 0.25) is 0 Å². The lowest BCUT2D eigenvalue weighted by atomic mass is 10.1. The smallest absolute Gasteiger partial charge is 0.335 e. The molecule has 6 heteroatoms. The zero-order valence-electron chi connectivity index (χ0n) is 13.5. The highest BCUT2D eigenvalue weighted by Gasteiger charge is 2.26. The number of hydrogen-bond acceptors (Lipinski definition) is 3. The standard InChI is InChI=1S/C16H25NO4S/c1-4-6-10-17(11-7-5-2)22(20,21)15-12-14(16(18)19)9-8-13(15)3/h8-9,12H,4-7,10-11H2,1-3H3,(H,18,19). The molecular weight excluding hydrogens is 302 g/mol. The fraction of sp³-hybridized carbons (Fsp3) is 0.562. The van der Waals surface area contributed by atoms with Crippen LogP contribution in [0.25, 0.3) is 0 Å². The number of aromatic carboxylic acids is 1. The van der Waals surface area contributed by atoms with E-state index in [0.29, 0.717) is 18.7 Å². The first-order valence-electron chi connectivity index (χ1n) is 7.68. The predicted molar refractivity (Wildman–Crippen MR) is 86.7 cm³/mol. The van der Waals surface area contributed by atoms with Gasteiger partial charge in [-0.05, 0) is 37.5 Å². The average Bonchev–Trinajstić information content (AvgIpc) is 2.47. The average molecular weight is 327 g/mol. The molecule has 0 bridgehead atoms. The first-order chi connectivity index (χ1) is 10.3. The number of carboxylic acid groups (broad SMARTS) is 1. The molecule has 0 aliphatic carbocycles. The molecule has 0 atom stereocenters. The third-order valence-electron chi connectivity index (χ3n) is 3.58. The summed E-state index contributed by atoms with van der Waals surface area (Å²) in [6, 6.07) is 4.24. The molecule has 124 valence electrons. The highest BCUT2D eigenvalue weighted by molar-refractivity contribution is 7.89. The van der Waals surface area contributed by atoms with Gasteiger partial charge in [0.15, 0.2) is 0 Å². The number of rotatable bonds is 9. The van der Waals surface area contributed by atoms with Crippen LogP contribution in [0.15, 0.2) is 23.1 Å². The Morgan fingerprint density at radius 1 is 1.14 bits per heavy atom. The van der Waals surface area contributed by atoms with Crippen LogP contribution in [0.1, 0.15) is 55.5 Å². The van der Waals surface area contributed by atoms with Crippen LogP contribution in [-0.4, -0.2) is 36.9 Å². The van der Waals surface area contributed by atoms with Gasteiger partial charge in [-0.3, -0.25) is 0 Å². The van der Waals surface area contributed by atoms with Crippen LogP contribution >= 0.6 is 0 Å². The van der Waals surface area contributed by atoms with Gasteiger partial charge in [-0.15, -0.1) is 0 Å². The first kappa shape index (κ1) is 18.6. The highest BCUT2D eigenvalue weighted by atomic mass is 32.2. The van der Waals surface area contributed by atoms with Gasteiger partial charge in [0.2, 0.25) is 10.0 Å². The maximum absolute atomic E-state index is 12.9. The second-order valence-electron chi connectivity index (χ2n) is 5.40. The van der Waals surface area contributed by atoms with Gasteiger partial charge in [0, 0.05) is 13.1 Å². The SMILES string of the molecule is CCCCN(CCCC)S(=O)(=O)c1cc(C(=O)O)ccc1C. The second-order valence-corrected chi connectivity index (χ2v) is 7.30. The summed E-state index contributed by atoms with van der Waals surface area (Å²) in [5.74, 6) is -1.12. The van der Waals surface area contributed by atoms with E-state index < -0.39 is 16.0 Å². The molecule has 22 heavy (non-hydrogen) atoms. The fourth-order valence-corrected chi connectivity index (χ4v) is 3.94. The maximum Gasteiger partial charge on any atom is 0.335 e. The molecule has 0 aliphatic rings. The number of benzene rings is 1. The summed E-state index contributed by atoms with van der Waals surface area (Å²) in [6.07, 6.45) is 3.40. The van der Waals surface area contributed by atoms with Crippen molar-refractivity contribution in [2.75, 3.05) is 13.1 Å². The number of carboxylic acids is 1. The number of unbranched alkanes of at least 4 members (excludes halogenated alkanes) is 2. The van der Waals surface area contributed by atoms with E-state index in [1.807, 2.05) is 13.8 Å². The van der Waals surface area contributed by atoms with Gasteiger partial charge < -0.3 is 5.11 Å². The van der Waals surface area contributed by atoms with Gasteiger partial charge in [0.05, 0.1) is 10.5 Å². The Morgan fingerprint density at radius 3 is 2.14 bits per heavy atom. The van der Waals surface area contributed by atoms with Crippen molar-refractivity contribution in [3.63, 3.8) is 0 Å². The van der Waals surface area contributed by atoms with Crippen LogP contribution in [-0.2, 0) is 10.0 Å². The molecule has 1 N–H and O–H groups in total. The molecule has 0 amide bonds. The van der Waals surface area contributed by atoms with Crippen LogP contribution in [0.3, 0.4) is 0 Å². The van der Waals surface area contributed by atoms with Gasteiger partial charge in [-0.1, -0.05) is 32.8 Å². The number of nitrogens with zero attached hydrogens (tertiary/aromatic N) is 1. The maximum atomic E-state index is 12.9. The second kappa shape index (κ2) is 8.29. The molecule has 5 nitrogen and oxygen atoms in total. The molecule has 1 aromatic rings. The third-order valence-corrected chi connectivity index (χ3v) is 5.62. The van der Waals surface area contributed by atoms with Crippen LogP contribution in [0.5, 0.6) is 0 Å². The van der Waals surface area contributed by atoms with Crippen molar-refractivity contribution >= 4 is 16.0 Å². The number of hydrogen-bond donors (Lipinski definition) is 1. The largest absolute Gasteiger partial charge is 0.478 e. The highest BCUT2D eigenvalue weighted by Crippen LogP contribution is 2.22. The van der Waals surface area contributed by atoms with E-state index >= 15 is 0 Å². The Kier molecular flexibility index (Phi) is 7.03. The van der Waals surface area contributed by atoms with Gasteiger partial charge in [0.1, 0.15) is 0 Å². The van der Waals surface area contributed by atoms with Gasteiger partial charge in [-0.25, -0.2) is 13.2 Å². The topological polar surface area (TPSA) is 74.7 Å². The van der Waals surface area contributed by atoms with Crippen molar-refractivity contribution in [3.8, 4) is 0 Å². The summed E-state index contributed by atoms with van der Waals surface area (Å²) < 4.78 is 27.2. The molecule has 0 heterocycles. The molecule has 0 unspecified atom stereocenters. The Morgan fingerprint density at radius 2 is 1.68 bits per heavy atom. The molecule has 0 saturated carbocycles. The zero-order valence-corrected chi connectivity index (χ0v) is 14.3. The molecule has 0 saturated heterocycles. The minimum absolute atomic E-state index is 0.00453. The Hall–Kier alpha value is -1.40. The molecule has 1 aromatic carbocycles. The number of aryl methyl sites for hydroxylation is 1. The molecule has 0 aromatic heterocycles. The molecule has 0 spiro atoms. The Labute approximate surface area is 133 Å². The predicted octanol–water partition coefficient (Wildman–Crippen LogP) is 3.28. The summed E-state index contributed by atoms with van der Waals surface area (Å²) in [5.41, 5.74) is 0.568. The van der Waals surface area contributed by atoms with E-state index in [-0.39, 0.29) is 10.5 Å². The van der Waals surface area contributed by atoms with Gasteiger partial charge in [0.25, 0.3) is 0 Å². The molecular formula is C16H25NO4S. The Bertz CT molecular complexity index is 603. The summed E-state index contributed by atoms with van der Waals surface area (Å²) in [4.78, 5) is 11.2. The number of carbonyl (C=O) groups is 1. The lowest BCUT2D eigenvalue weighted by Crippen LogP contribution is -2.33. The summed E-state index contributed by atoms with van der Waals surface area (Å²) >= 11 is 0. The van der Waals surface area contributed by atoms with E-state index in [0.717, 1.165) is 25.7 Å². The summed E-state index contributed by atoms with van der Waals surface area (Å²) in [7, 11) is -3.66. The Balaban J connectivity index is 3.22. The summed E-state index contributed by atoms with van der Waals surface area (Å²) in [5, 5.41) is 9.08. The lowest BCUT2D eigenvalue weighted by molar-refractivity contribution is 0.0696. The minimum Gasteiger partial charge on any atom is -0.478 e. The monoisotopic (exact) mass is 327 g/mol. The van der Waals surface area contributed by atoms with Gasteiger partial charge >= 0.3 is 5.97 Å². The molecule has 0 aliphatic heterocycles. The van der Waals surface area contributed by atoms with E-state index in [1.54, 1.807) is 13.0 Å². The fourth-order valence-electron chi connectivity index (χ4n) is 2.17. The van der Waals surface area contributed by atoms with Crippen LogP contribution in [0.4, 0.5) is 0 Å². The van der Waals surface area contributed by atoms with Crippen molar-refractivity contribution in [1.82, 2.24) is 4.31 Å². The van der Waals surface area contributed by atoms with Gasteiger partial charge in [-0.2, -0.15) is 4.31 Å². The normalized spacial score (nSPS) is 11.8. The molecule has 1 rings (SSSR count). The van der Waals surface area contributed by atoms with Crippen molar-refractivity contribution in [3.05, 3.63) is 29.3 Å². The van der Waals surface area contributed by atoms with E-state index in [4.69, 9.17) is 5.11 Å². The van der Waals surface area contributed by atoms with Crippen LogP contribution in [0, 0.1) is 6.92 Å². The minimum atomic E-state index is -3.66. The van der Waals surface area contributed by atoms with Crippen LogP contribution < -0.4 is 0 Å².